The molecule has 3 nitrogen and oxygen atoms in total. The lowest BCUT2D eigenvalue weighted by atomic mass is 9.55. The molecule has 3 heteroatoms. The van der Waals surface area contributed by atoms with Crippen molar-refractivity contribution in [2.75, 3.05) is 27.3 Å². The zero-order chi connectivity index (χ0) is 19.9. The summed E-state index contributed by atoms with van der Waals surface area (Å²) in [5, 5.41) is 9.86. The molecule has 3 aliphatic rings. The third kappa shape index (κ3) is 3.52. The molecule has 2 fully saturated rings. The number of aromatic hydroxyl groups is 1. The molecule has 0 aliphatic heterocycles. The fourth-order valence-corrected chi connectivity index (χ4v) is 6.30. The quantitative estimate of drug-likeness (QED) is 0.564. The number of hydrogen-bond acceptors (Lipinski definition) is 3. The molecule has 0 amide bonds. The van der Waals surface area contributed by atoms with Gasteiger partial charge in [0.15, 0.2) is 0 Å². The number of aryl methyl sites for hydroxylation is 1. The van der Waals surface area contributed by atoms with Crippen molar-refractivity contribution in [1.82, 2.24) is 4.90 Å². The highest BCUT2D eigenvalue weighted by Gasteiger charge is 2.52. The monoisotopic (exact) mass is 383 g/mol. The van der Waals surface area contributed by atoms with E-state index in [9.17, 15) is 5.11 Å². The molecule has 5 atom stereocenters. The molecule has 28 heavy (non-hydrogen) atoms. The van der Waals surface area contributed by atoms with Gasteiger partial charge in [0.1, 0.15) is 5.75 Å². The Hall–Kier alpha value is -1.32. The van der Waals surface area contributed by atoms with Gasteiger partial charge in [-0.1, -0.05) is 24.6 Å². The van der Waals surface area contributed by atoms with E-state index in [1.807, 2.05) is 12.1 Å². The molecule has 5 unspecified atom stereocenters. The van der Waals surface area contributed by atoms with E-state index in [-0.39, 0.29) is 0 Å². The maximum absolute atomic E-state index is 9.86. The Balaban J connectivity index is 1.45. The number of hydrogen-bond donors (Lipinski definition) is 1. The molecule has 3 aliphatic carbocycles. The highest BCUT2D eigenvalue weighted by molar-refractivity contribution is 5.40. The predicted molar refractivity (Wildman–Crippen MR) is 115 cm³/mol. The van der Waals surface area contributed by atoms with Crippen LogP contribution in [-0.2, 0) is 11.2 Å². The zero-order valence-corrected chi connectivity index (χ0v) is 18.1. The largest absolute Gasteiger partial charge is 0.508 e. The lowest BCUT2D eigenvalue weighted by Crippen LogP contribution is -2.40. The summed E-state index contributed by atoms with van der Waals surface area (Å²) in [6, 6.07) is 6.56. The van der Waals surface area contributed by atoms with E-state index >= 15 is 0 Å². The van der Waals surface area contributed by atoms with Gasteiger partial charge in [0.2, 0.25) is 0 Å². The third-order valence-corrected chi connectivity index (χ3v) is 8.25. The minimum absolute atomic E-state index is 0.367. The molecule has 1 aromatic carbocycles. The summed E-state index contributed by atoms with van der Waals surface area (Å²) in [5.41, 5.74) is 4.94. The molecule has 0 aromatic heterocycles. The number of phenolic OH excluding ortho intramolecular Hbond substituents is 1. The van der Waals surface area contributed by atoms with E-state index < -0.39 is 0 Å². The van der Waals surface area contributed by atoms with Gasteiger partial charge in [-0.3, -0.25) is 0 Å². The Morgan fingerprint density at radius 2 is 2.07 bits per heavy atom. The molecule has 2 saturated carbocycles. The van der Waals surface area contributed by atoms with Crippen LogP contribution < -0.4 is 0 Å². The Kier molecular flexibility index (Phi) is 5.59. The molecule has 1 aromatic rings. The van der Waals surface area contributed by atoms with Crippen LogP contribution in [0.4, 0.5) is 0 Å². The first-order chi connectivity index (χ1) is 13.4. The number of fused-ring (bicyclic) bond motifs is 5. The first kappa shape index (κ1) is 20.0. The molecular formula is C25H37NO2. The molecule has 1 N–H and O–H groups in total. The van der Waals surface area contributed by atoms with Crippen LogP contribution in [0.25, 0.3) is 0 Å². The van der Waals surface area contributed by atoms with Crippen LogP contribution in [0.15, 0.2) is 29.8 Å². The summed E-state index contributed by atoms with van der Waals surface area (Å²) in [6.07, 6.45) is 9.99. The number of likely N-dealkylation sites (N-methyl/N-ethyl adjacent to an activating group) is 1. The van der Waals surface area contributed by atoms with Crippen LogP contribution in [0.2, 0.25) is 0 Å². The van der Waals surface area contributed by atoms with Gasteiger partial charge in [-0.05, 0) is 106 Å². The van der Waals surface area contributed by atoms with E-state index in [0.717, 1.165) is 31.5 Å². The van der Waals surface area contributed by atoms with Crippen LogP contribution in [0.3, 0.4) is 0 Å². The van der Waals surface area contributed by atoms with Crippen LogP contribution in [-0.4, -0.2) is 43.4 Å². The van der Waals surface area contributed by atoms with Crippen LogP contribution >= 0.6 is 0 Å². The van der Waals surface area contributed by atoms with Gasteiger partial charge in [0.05, 0.1) is 13.2 Å². The number of allylic oxidation sites excluding steroid dienone is 1. The molecule has 0 saturated heterocycles. The average molecular weight is 384 g/mol. The first-order valence-electron chi connectivity index (χ1n) is 11.2. The lowest BCUT2D eigenvalue weighted by Gasteiger charge is -2.49. The standard InChI is InChI=1S/C25H37NO2/c1-17(26(3)4)16-28-14-12-19-6-10-24-23-8-5-18-15-20(27)7-9-21(18)22(23)11-13-25(19,24)2/h7,9,12,15,17,22-24,27H,5-6,8,10-11,13-14,16H2,1-4H3/b19-12+. The average Bonchev–Trinajstić information content (AvgIpc) is 3.01. The fourth-order valence-electron chi connectivity index (χ4n) is 6.30. The second-order valence-corrected chi connectivity index (χ2v) is 9.87. The van der Waals surface area contributed by atoms with Crippen molar-refractivity contribution in [2.45, 2.75) is 64.3 Å². The van der Waals surface area contributed by atoms with Crippen molar-refractivity contribution < 1.29 is 9.84 Å². The Labute approximate surface area is 170 Å². The summed E-state index contributed by atoms with van der Waals surface area (Å²) >= 11 is 0. The fraction of sp³-hybridized carbons (Fsp3) is 0.680. The van der Waals surface area contributed by atoms with Crippen LogP contribution in [0.5, 0.6) is 5.75 Å². The van der Waals surface area contributed by atoms with Gasteiger partial charge in [-0.2, -0.15) is 0 Å². The van der Waals surface area contributed by atoms with E-state index in [0.29, 0.717) is 23.1 Å². The SMILES string of the molecule is CC(COC/C=C1\CCC2C3CCc4cc(O)ccc4C3CCC12C)N(C)C. The van der Waals surface area contributed by atoms with Crippen molar-refractivity contribution in [3.05, 3.63) is 41.0 Å². The summed E-state index contributed by atoms with van der Waals surface area (Å²) in [4.78, 5) is 2.21. The molecular weight excluding hydrogens is 346 g/mol. The van der Waals surface area contributed by atoms with Gasteiger partial charge in [0.25, 0.3) is 0 Å². The number of benzene rings is 1. The van der Waals surface area contributed by atoms with Crippen molar-refractivity contribution in [3.63, 3.8) is 0 Å². The highest BCUT2D eigenvalue weighted by atomic mass is 16.5. The summed E-state index contributed by atoms with van der Waals surface area (Å²) < 4.78 is 5.97. The van der Waals surface area contributed by atoms with Gasteiger partial charge in [0, 0.05) is 6.04 Å². The Morgan fingerprint density at radius 3 is 2.86 bits per heavy atom. The molecule has 0 bridgehead atoms. The smallest absolute Gasteiger partial charge is 0.115 e. The van der Waals surface area contributed by atoms with E-state index in [2.05, 4.69) is 45.0 Å². The first-order valence-corrected chi connectivity index (χ1v) is 11.2. The Bertz CT molecular complexity index is 740. The number of phenols is 1. The molecule has 0 radical (unpaired) electrons. The normalized spacial score (nSPS) is 34.2. The number of rotatable bonds is 5. The summed E-state index contributed by atoms with van der Waals surface area (Å²) in [5.74, 6) is 2.73. The third-order valence-electron chi connectivity index (χ3n) is 8.25. The molecule has 154 valence electrons. The second-order valence-electron chi connectivity index (χ2n) is 9.87. The van der Waals surface area contributed by atoms with Crippen molar-refractivity contribution in [1.29, 1.82) is 0 Å². The lowest BCUT2D eigenvalue weighted by molar-refractivity contribution is 0.0789. The van der Waals surface area contributed by atoms with E-state index in [1.54, 1.807) is 5.57 Å². The van der Waals surface area contributed by atoms with Crippen LogP contribution in [0.1, 0.15) is 63.0 Å². The number of ether oxygens (including phenoxy) is 1. The van der Waals surface area contributed by atoms with E-state index in [4.69, 9.17) is 4.74 Å². The molecule has 0 heterocycles. The van der Waals surface area contributed by atoms with Crippen molar-refractivity contribution >= 4 is 0 Å². The van der Waals surface area contributed by atoms with Gasteiger partial charge in [-0.15, -0.1) is 0 Å². The topological polar surface area (TPSA) is 32.7 Å². The minimum Gasteiger partial charge on any atom is -0.508 e. The number of nitrogens with zero attached hydrogens (tertiary/aromatic N) is 1. The highest BCUT2D eigenvalue weighted by Crippen LogP contribution is 2.62. The van der Waals surface area contributed by atoms with Gasteiger partial charge >= 0.3 is 0 Å². The van der Waals surface area contributed by atoms with E-state index in [1.165, 1.54) is 43.2 Å². The minimum atomic E-state index is 0.367. The van der Waals surface area contributed by atoms with Gasteiger partial charge < -0.3 is 14.7 Å². The van der Waals surface area contributed by atoms with Crippen molar-refractivity contribution in [2.24, 2.45) is 17.3 Å². The zero-order valence-electron chi connectivity index (χ0n) is 18.1. The predicted octanol–water partition coefficient (Wildman–Crippen LogP) is 5.14. The molecule has 0 spiro atoms. The summed E-state index contributed by atoms with van der Waals surface area (Å²) in [7, 11) is 4.22. The second kappa shape index (κ2) is 7.84. The van der Waals surface area contributed by atoms with Gasteiger partial charge in [-0.25, -0.2) is 0 Å². The summed E-state index contributed by atoms with van der Waals surface area (Å²) in [6.45, 7) is 6.29. The molecule has 4 rings (SSSR count). The maximum atomic E-state index is 9.86. The maximum Gasteiger partial charge on any atom is 0.115 e. The van der Waals surface area contributed by atoms with Crippen LogP contribution in [0, 0.1) is 17.3 Å². The van der Waals surface area contributed by atoms with Crippen molar-refractivity contribution in [3.8, 4) is 5.75 Å². The Morgan fingerprint density at radius 1 is 1.25 bits per heavy atom.